The molecule has 1 saturated carbocycles. The van der Waals surface area contributed by atoms with Crippen LogP contribution in [0.4, 0.5) is 15.9 Å². The SMILES string of the molecule is C=CC(=O)N1CCN(c2nc(=O)n(-c3cccnc3S(=O)(=O)C3CCC3)c3nc(-c4c(N)cccc4F)c(Cl)cc23)[C@@H](C)C1. The Morgan fingerprint density at radius 3 is 2.61 bits per heavy atom. The fourth-order valence-electron chi connectivity index (χ4n) is 5.72. The highest BCUT2D eigenvalue weighted by molar-refractivity contribution is 7.92. The molecule has 3 aromatic heterocycles. The second-order valence-electron chi connectivity index (χ2n) is 10.9. The van der Waals surface area contributed by atoms with E-state index in [4.69, 9.17) is 17.3 Å². The lowest BCUT2D eigenvalue weighted by atomic mass is 10.0. The van der Waals surface area contributed by atoms with E-state index in [0.29, 0.717) is 37.9 Å². The summed E-state index contributed by atoms with van der Waals surface area (Å²) in [5.74, 6) is -0.638. The first-order valence-electron chi connectivity index (χ1n) is 14.1. The number of nitrogens with zero attached hydrogens (tertiary/aromatic N) is 6. The second-order valence-corrected chi connectivity index (χ2v) is 13.5. The average molecular weight is 638 g/mol. The van der Waals surface area contributed by atoms with E-state index in [1.807, 2.05) is 11.8 Å². The van der Waals surface area contributed by atoms with Crippen LogP contribution < -0.4 is 16.3 Å². The molecule has 1 aliphatic carbocycles. The zero-order valence-electron chi connectivity index (χ0n) is 23.8. The Labute approximate surface area is 257 Å². The fourth-order valence-corrected chi connectivity index (χ4v) is 7.89. The van der Waals surface area contributed by atoms with Crippen LogP contribution in [0.1, 0.15) is 26.2 Å². The van der Waals surface area contributed by atoms with Gasteiger partial charge in [-0.15, -0.1) is 0 Å². The van der Waals surface area contributed by atoms with E-state index in [-0.39, 0.29) is 56.1 Å². The molecule has 11 nitrogen and oxygen atoms in total. The molecule has 1 aromatic carbocycles. The van der Waals surface area contributed by atoms with Crippen molar-refractivity contribution in [2.45, 2.75) is 42.5 Å². The van der Waals surface area contributed by atoms with E-state index in [0.717, 1.165) is 11.0 Å². The van der Waals surface area contributed by atoms with E-state index in [1.54, 1.807) is 4.90 Å². The van der Waals surface area contributed by atoms with Gasteiger partial charge in [-0.3, -0.25) is 4.79 Å². The Morgan fingerprint density at radius 2 is 1.95 bits per heavy atom. The Balaban J connectivity index is 1.63. The average Bonchev–Trinajstić information content (AvgIpc) is 2.96. The topological polar surface area (TPSA) is 144 Å². The lowest BCUT2D eigenvalue weighted by molar-refractivity contribution is -0.126. The maximum atomic E-state index is 15.1. The number of hydrogen-bond donors (Lipinski definition) is 1. The third kappa shape index (κ3) is 4.89. The van der Waals surface area contributed by atoms with Gasteiger partial charge in [-0.2, -0.15) is 4.98 Å². The summed E-state index contributed by atoms with van der Waals surface area (Å²) in [4.78, 5) is 43.1. The van der Waals surface area contributed by atoms with Crippen molar-refractivity contribution in [3.63, 3.8) is 0 Å². The summed E-state index contributed by atoms with van der Waals surface area (Å²) in [6.07, 6.45) is 4.37. The van der Waals surface area contributed by atoms with Crippen molar-refractivity contribution >= 4 is 49.9 Å². The summed E-state index contributed by atoms with van der Waals surface area (Å²) in [6, 6.07) is 8.41. The molecule has 2 aliphatic rings. The predicted octanol–water partition coefficient (Wildman–Crippen LogP) is 3.77. The molecule has 2 fully saturated rings. The Bertz CT molecular complexity index is 1980. The van der Waals surface area contributed by atoms with Crippen LogP contribution >= 0.6 is 11.6 Å². The molecule has 1 amide bonds. The molecule has 4 aromatic rings. The number of aromatic nitrogens is 4. The summed E-state index contributed by atoms with van der Waals surface area (Å²) in [5, 5.41) is -0.517. The van der Waals surface area contributed by atoms with Crippen molar-refractivity contribution in [1.29, 1.82) is 0 Å². The van der Waals surface area contributed by atoms with Gasteiger partial charge in [0.1, 0.15) is 11.6 Å². The second kappa shape index (κ2) is 11.3. The maximum Gasteiger partial charge on any atom is 0.355 e. The van der Waals surface area contributed by atoms with E-state index >= 15 is 4.39 Å². The largest absolute Gasteiger partial charge is 0.398 e. The monoisotopic (exact) mass is 637 g/mol. The molecule has 1 aliphatic heterocycles. The molecular formula is C30H29ClFN7O4S. The van der Waals surface area contributed by atoms with Crippen LogP contribution in [-0.2, 0) is 14.6 Å². The van der Waals surface area contributed by atoms with Gasteiger partial charge in [-0.1, -0.05) is 30.7 Å². The van der Waals surface area contributed by atoms with E-state index < -0.39 is 26.6 Å². The van der Waals surface area contributed by atoms with Crippen molar-refractivity contribution in [3.8, 4) is 16.9 Å². The van der Waals surface area contributed by atoms with Crippen LogP contribution in [0.25, 0.3) is 28.0 Å². The zero-order valence-corrected chi connectivity index (χ0v) is 25.4. The molecule has 6 rings (SSSR count). The van der Waals surface area contributed by atoms with Gasteiger partial charge in [0.25, 0.3) is 0 Å². The van der Waals surface area contributed by atoms with Crippen molar-refractivity contribution in [1.82, 2.24) is 24.4 Å². The van der Waals surface area contributed by atoms with Crippen LogP contribution in [0.5, 0.6) is 0 Å². The minimum Gasteiger partial charge on any atom is -0.398 e. The molecule has 0 spiro atoms. The zero-order chi connectivity index (χ0) is 31.3. The standard InChI is InChI=1S/C30H29ClFN7O4S/c1-3-24(40)37-13-14-38(17(2)16-37)27-19-15-20(31)26(25-21(32)9-5-10-22(25)33)35-28(19)39(30(41)36-27)23-11-6-12-34-29(23)44(42,43)18-7-4-8-18/h3,5-6,9-12,15,17-18H,1,4,7-8,13-14,16,33H2,2H3/t17-/m0/s1. The Hall–Kier alpha value is -4.36. The van der Waals surface area contributed by atoms with Gasteiger partial charge in [0.05, 0.1) is 32.6 Å². The number of hydrogen-bond acceptors (Lipinski definition) is 9. The van der Waals surface area contributed by atoms with Gasteiger partial charge in [0, 0.05) is 37.6 Å². The third-order valence-corrected chi connectivity index (χ3v) is 10.7. The number of anilines is 2. The number of nitrogen functional groups attached to an aromatic ring is 1. The number of carbonyl (C=O) groups excluding carboxylic acids is 1. The molecule has 14 heteroatoms. The van der Waals surface area contributed by atoms with Gasteiger partial charge >= 0.3 is 5.69 Å². The number of piperazine rings is 1. The van der Waals surface area contributed by atoms with Gasteiger partial charge < -0.3 is 15.5 Å². The van der Waals surface area contributed by atoms with Gasteiger partial charge in [0.15, 0.2) is 10.7 Å². The van der Waals surface area contributed by atoms with Crippen LogP contribution in [0.15, 0.2) is 65.1 Å². The lowest BCUT2D eigenvalue weighted by Gasteiger charge is -2.40. The first-order chi connectivity index (χ1) is 21.0. The highest BCUT2D eigenvalue weighted by Gasteiger charge is 2.37. The van der Waals surface area contributed by atoms with E-state index in [1.165, 1.54) is 48.7 Å². The normalized spacial score (nSPS) is 17.5. The smallest absolute Gasteiger partial charge is 0.355 e. The minimum atomic E-state index is -3.89. The molecule has 0 bridgehead atoms. The fraction of sp³-hybridized carbons (Fsp3) is 0.300. The summed E-state index contributed by atoms with van der Waals surface area (Å²) >= 11 is 6.73. The van der Waals surface area contributed by atoms with Crippen molar-refractivity contribution in [2.24, 2.45) is 0 Å². The molecule has 4 heterocycles. The van der Waals surface area contributed by atoms with Crippen LogP contribution in [0.3, 0.4) is 0 Å². The van der Waals surface area contributed by atoms with Crippen molar-refractivity contribution in [3.05, 3.63) is 76.6 Å². The van der Waals surface area contributed by atoms with Gasteiger partial charge in [-0.25, -0.2) is 32.1 Å². The summed E-state index contributed by atoms with van der Waals surface area (Å²) in [6.45, 7) is 6.47. The van der Waals surface area contributed by atoms with Crippen molar-refractivity contribution < 1.29 is 17.6 Å². The van der Waals surface area contributed by atoms with Crippen LogP contribution in [-0.4, -0.2) is 69.7 Å². The Kier molecular flexibility index (Phi) is 7.62. The maximum absolute atomic E-state index is 15.1. The first-order valence-corrected chi connectivity index (χ1v) is 16.0. The van der Waals surface area contributed by atoms with Crippen LogP contribution in [0.2, 0.25) is 5.02 Å². The van der Waals surface area contributed by atoms with E-state index in [2.05, 4.69) is 21.5 Å². The third-order valence-electron chi connectivity index (χ3n) is 8.22. The molecule has 2 N–H and O–H groups in total. The number of halogens is 2. The summed E-state index contributed by atoms with van der Waals surface area (Å²) < 4.78 is 43.4. The number of fused-ring (bicyclic) bond motifs is 1. The van der Waals surface area contributed by atoms with Gasteiger partial charge in [-0.05, 0) is 56.2 Å². The molecule has 44 heavy (non-hydrogen) atoms. The molecule has 0 unspecified atom stereocenters. The number of nitrogens with two attached hydrogens (primary N) is 1. The molecule has 228 valence electrons. The number of sulfone groups is 1. The summed E-state index contributed by atoms with van der Waals surface area (Å²) in [7, 11) is -3.89. The van der Waals surface area contributed by atoms with Crippen LogP contribution in [0, 0.1) is 5.82 Å². The number of rotatable bonds is 6. The number of pyridine rings is 2. The highest BCUT2D eigenvalue weighted by Crippen LogP contribution is 2.38. The molecule has 0 radical (unpaired) electrons. The Morgan fingerprint density at radius 1 is 1.18 bits per heavy atom. The van der Waals surface area contributed by atoms with E-state index in [9.17, 15) is 18.0 Å². The lowest BCUT2D eigenvalue weighted by Crippen LogP contribution is -2.54. The quantitative estimate of drug-likeness (QED) is 0.247. The predicted molar refractivity (Wildman–Crippen MR) is 166 cm³/mol. The summed E-state index contributed by atoms with van der Waals surface area (Å²) in [5.41, 5.74) is 5.29. The molecule has 1 saturated heterocycles. The number of carbonyl (C=O) groups is 1. The molecule has 1 atom stereocenters. The van der Waals surface area contributed by atoms with Crippen molar-refractivity contribution in [2.75, 3.05) is 30.3 Å². The number of amides is 1. The van der Waals surface area contributed by atoms with Gasteiger partial charge in [0.2, 0.25) is 15.7 Å². The first kappa shape index (κ1) is 29.7. The molecular weight excluding hydrogens is 609 g/mol. The highest BCUT2D eigenvalue weighted by atomic mass is 35.5. The number of benzene rings is 1. The minimum absolute atomic E-state index is 0.00286.